The maximum Gasteiger partial charge on any atom is 0.293 e. The number of hydrogen-bond donors (Lipinski definition) is 2. The van der Waals surface area contributed by atoms with E-state index in [0.29, 0.717) is 53.2 Å². The summed E-state index contributed by atoms with van der Waals surface area (Å²) in [6.45, 7) is 5.74. The number of carbonyl (C=O) groups excluding carboxylic acids is 1. The summed E-state index contributed by atoms with van der Waals surface area (Å²) < 4.78 is 34.9. The summed E-state index contributed by atoms with van der Waals surface area (Å²) in [4.78, 5) is 34.8. The number of hydrogen-bond acceptors (Lipinski definition) is 14. The predicted octanol–water partition coefficient (Wildman–Crippen LogP) is 11.0. The normalized spacial score (nSPS) is 13.8. The quantitative estimate of drug-likeness (QED) is 0.0880. The highest BCUT2D eigenvalue weighted by Crippen LogP contribution is 2.34. The van der Waals surface area contributed by atoms with Crippen molar-refractivity contribution in [1.82, 2.24) is 25.7 Å². The molecule has 1 aliphatic rings. The summed E-state index contributed by atoms with van der Waals surface area (Å²) in [6, 6.07) is 38.6. The molecule has 0 bridgehead atoms. The fourth-order valence-corrected chi connectivity index (χ4v) is 8.32. The number of methoxy groups -OCH3 is 4. The topological polar surface area (TPSA) is 164 Å². The minimum Gasteiger partial charge on any atom is -0.497 e. The number of furan rings is 2. The third kappa shape index (κ3) is 11.9. The molecule has 15 nitrogen and oxygen atoms in total. The molecule has 0 saturated heterocycles. The van der Waals surface area contributed by atoms with Gasteiger partial charge in [0.2, 0.25) is 11.8 Å². The molecule has 0 aliphatic carbocycles. The number of pyridine rings is 2. The van der Waals surface area contributed by atoms with Gasteiger partial charge in [-0.05, 0) is 142 Å². The van der Waals surface area contributed by atoms with E-state index in [1.807, 2.05) is 97.9 Å². The second kappa shape index (κ2) is 22.5. The molecule has 0 fully saturated rings. The van der Waals surface area contributed by atoms with Crippen LogP contribution < -0.4 is 29.7 Å². The molecule has 2 N–H and O–H groups in total. The molecule has 2 atom stereocenters. The van der Waals surface area contributed by atoms with Crippen LogP contribution in [-0.4, -0.2) is 68.3 Å². The lowest BCUT2D eigenvalue weighted by molar-refractivity contribution is 0.0193. The molecule has 4 aromatic heterocycles. The van der Waals surface area contributed by atoms with Gasteiger partial charge in [-0.15, -0.1) is 0 Å². The highest BCUT2D eigenvalue weighted by atomic mass is 79.9. The molecule has 0 radical (unpaired) electrons. The summed E-state index contributed by atoms with van der Waals surface area (Å²) in [5.74, 6) is 4.03. The zero-order chi connectivity index (χ0) is 48.4. The van der Waals surface area contributed by atoms with Crippen LogP contribution in [0.1, 0.15) is 62.0 Å². The number of benzene rings is 4. The van der Waals surface area contributed by atoms with Crippen molar-refractivity contribution in [1.29, 1.82) is 0 Å². The van der Waals surface area contributed by atoms with Crippen molar-refractivity contribution in [2.45, 2.75) is 39.0 Å². The Labute approximate surface area is 415 Å². The largest absolute Gasteiger partial charge is 0.497 e. The summed E-state index contributed by atoms with van der Waals surface area (Å²) in [5, 5.41) is 9.92. The summed E-state index contributed by atoms with van der Waals surface area (Å²) in [5.41, 5.74) is 9.40. The van der Waals surface area contributed by atoms with Gasteiger partial charge in [-0.2, -0.15) is 0 Å². The lowest BCUT2D eigenvalue weighted by Crippen LogP contribution is -2.40. The van der Waals surface area contributed by atoms with Crippen molar-refractivity contribution in [3.8, 4) is 23.3 Å². The van der Waals surface area contributed by atoms with Gasteiger partial charge >= 0.3 is 0 Å². The van der Waals surface area contributed by atoms with E-state index >= 15 is 0 Å². The van der Waals surface area contributed by atoms with Crippen molar-refractivity contribution >= 4 is 65.5 Å². The Morgan fingerprint density at radius 3 is 1.97 bits per heavy atom. The maximum absolute atomic E-state index is 12.5. The Morgan fingerprint density at radius 1 is 0.710 bits per heavy atom. The number of amidine groups is 1. The number of rotatable bonds is 16. The van der Waals surface area contributed by atoms with Crippen molar-refractivity contribution in [3.05, 3.63) is 175 Å². The van der Waals surface area contributed by atoms with E-state index in [4.69, 9.17) is 37.5 Å². The molecular formula is C52H50Br2N6O9. The highest BCUT2D eigenvalue weighted by Gasteiger charge is 2.33. The van der Waals surface area contributed by atoms with Crippen LogP contribution >= 0.6 is 31.9 Å². The molecule has 9 rings (SSSR count). The lowest BCUT2D eigenvalue weighted by atomic mass is 10.1. The fraction of sp³-hybridized carbons (Fsp3) is 0.231. The molecule has 1 amide bonds. The number of nitrogens with zero attached hydrogens (tertiary/aromatic N) is 4. The number of oxime groups is 1. The van der Waals surface area contributed by atoms with Crippen LogP contribution in [-0.2, 0) is 22.8 Å². The van der Waals surface area contributed by atoms with Crippen molar-refractivity contribution in [2.24, 2.45) is 5.16 Å². The number of carbonyl (C=O) groups is 1. The van der Waals surface area contributed by atoms with Gasteiger partial charge in [0.15, 0.2) is 5.84 Å². The minimum atomic E-state index is -0.482. The fourth-order valence-electron chi connectivity index (χ4n) is 7.56. The van der Waals surface area contributed by atoms with Crippen LogP contribution in [0.5, 0.6) is 23.3 Å². The number of halogens is 2. The minimum absolute atomic E-state index is 0.133. The number of fused-ring (bicyclic) bond motifs is 2. The van der Waals surface area contributed by atoms with Crippen LogP contribution in [0, 0.1) is 13.8 Å². The monoisotopic (exact) mass is 1060 g/mol. The first-order chi connectivity index (χ1) is 33.5. The number of ether oxygens (including phenoxy) is 4. The van der Waals surface area contributed by atoms with Crippen LogP contribution in [0.2, 0.25) is 0 Å². The number of amides is 1. The average molecular weight is 1060 g/mol. The first-order valence-electron chi connectivity index (χ1n) is 21.8. The molecule has 8 aromatic rings. The maximum atomic E-state index is 12.5. The first-order valence-corrected chi connectivity index (χ1v) is 23.4. The van der Waals surface area contributed by atoms with Gasteiger partial charge in [0.05, 0.1) is 50.0 Å². The Balaban J connectivity index is 0.000000186. The van der Waals surface area contributed by atoms with Gasteiger partial charge < -0.3 is 42.8 Å². The van der Waals surface area contributed by atoms with Gasteiger partial charge in [0.1, 0.15) is 58.2 Å². The number of aryl methyl sites for hydroxylation is 2. The molecule has 17 heteroatoms. The van der Waals surface area contributed by atoms with Crippen molar-refractivity contribution < 1.29 is 42.3 Å². The van der Waals surface area contributed by atoms with E-state index in [-0.39, 0.29) is 24.4 Å². The molecular weight excluding hydrogens is 1010 g/mol. The SMILES string of the molecule is COc1ccc(CN2C(c3ccc(Br)c(OC)n3)=NOC[C@@H]2c2cc3cc(C)ccc3o2)cc1.COc1ccc(CN[C@H](CONC(=O)c2ccc(Br)c(OC)n2)c2cc3cc(C)ccc3o2)cc1. The van der Waals surface area contributed by atoms with Crippen LogP contribution in [0.3, 0.4) is 0 Å². The van der Waals surface area contributed by atoms with Crippen LogP contribution in [0.25, 0.3) is 21.9 Å². The Kier molecular flexibility index (Phi) is 15.8. The van der Waals surface area contributed by atoms with E-state index in [2.05, 4.69) is 87.8 Å². The third-order valence-electron chi connectivity index (χ3n) is 11.2. The Bertz CT molecular complexity index is 3070. The Hall–Kier alpha value is -6.92. The van der Waals surface area contributed by atoms with Crippen molar-refractivity contribution in [2.75, 3.05) is 41.7 Å². The second-order valence-corrected chi connectivity index (χ2v) is 17.7. The second-order valence-electron chi connectivity index (χ2n) is 16.0. The number of nitrogens with one attached hydrogen (secondary N) is 2. The molecule has 0 unspecified atom stereocenters. The highest BCUT2D eigenvalue weighted by molar-refractivity contribution is 9.10. The molecule has 0 saturated carbocycles. The van der Waals surface area contributed by atoms with Crippen LogP contribution in [0.4, 0.5) is 0 Å². The van der Waals surface area contributed by atoms with Gasteiger partial charge in [0, 0.05) is 23.9 Å². The summed E-state index contributed by atoms with van der Waals surface area (Å²) in [7, 11) is 6.37. The third-order valence-corrected chi connectivity index (χ3v) is 12.4. The van der Waals surface area contributed by atoms with Gasteiger partial charge in [-0.1, -0.05) is 52.7 Å². The van der Waals surface area contributed by atoms with Crippen LogP contribution in [0.15, 0.2) is 144 Å². The van der Waals surface area contributed by atoms with E-state index in [1.54, 1.807) is 33.5 Å². The van der Waals surface area contributed by atoms with E-state index in [0.717, 1.165) is 60.4 Å². The standard InChI is InChI=1S/C26H26BrN3O5.C26H24BrN3O4/c1-16-4-11-23-18(12-16)13-24(35-23)22(28-14-17-5-7-19(32-2)8-6-17)15-34-30-25(31)21-10-9-20(27)26(29-21)33-3;1-16-4-11-23-18(12-16)13-24(34-23)22-15-33-29-25(21-10-9-20(27)26(28-21)32-3)30(22)14-17-5-7-19(31-2)8-6-17/h4-13,22,28H,14-15H2,1-3H3,(H,30,31);4-13,22H,14-15H2,1-3H3/t2*22-/m11/s1. The molecule has 4 aromatic carbocycles. The first kappa shape index (κ1) is 48.5. The van der Waals surface area contributed by atoms with E-state index in [9.17, 15) is 4.79 Å². The zero-order valence-electron chi connectivity index (χ0n) is 38.7. The van der Waals surface area contributed by atoms with E-state index < -0.39 is 5.91 Å². The number of aromatic nitrogens is 2. The summed E-state index contributed by atoms with van der Waals surface area (Å²) >= 11 is 6.80. The lowest BCUT2D eigenvalue weighted by Gasteiger charge is -2.35. The molecule has 356 valence electrons. The Morgan fingerprint density at radius 2 is 1.32 bits per heavy atom. The average Bonchev–Trinajstić information content (AvgIpc) is 4.00. The van der Waals surface area contributed by atoms with Gasteiger partial charge in [0.25, 0.3) is 5.91 Å². The molecule has 1 aliphatic heterocycles. The molecule has 69 heavy (non-hydrogen) atoms. The van der Waals surface area contributed by atoms with Crippen molar-refractivity contribution in [3.63, 3.8) is 0 Å². The summed E-state index contributed by atoms with van der Waals surface area (Å²) in [6.07, 6.45) is 0. The van der Waals surface area contributed by atoms with Gasteiger partial charge in [-0.3, -0.25) is 9.63 Å². The molecule has 5 heterocycles. The van der Waals surface area contributed by atoms with Gasteiger partial charge in [-0.25, -0.2) is 15.4 Å². The molecule has 0 spiro atoms. The number of hydroxylamine groups is 1. The smallest absolute Gasteiger partial charge is 0.293 e. The zero-order valence-corrected chi connectivity index (χ0v) is 41.9. The predicted molar refractivity (Wildman–Crippen MR) is 269 cm³/mol. The van der Waals surface area contributed by atoms with E-state index in [1.165, 1.54) is 12.7 Å².